The van der Waals surface area contributed by atoms with Crippen molar-refractivity contribution in [3.8, 4) is 34.4 Å². The second-order valence-electron chi connectivity index (χ2n) is 14.9. The number of piperidine rings is 1. The van der Waals surface area contributed by atoms with Crippen molar-refractivity contribution in [2.45, 2.75) is 25.7 Å². The molecule has 3 amide bonds. The van der Waals surface area contributed by atoms with Crippen LogP contribution in [0.3, 0.4) is 0 Å². The van der Waals surface area contributed by atoms with E-state index < -0.39 is 11.8 Å². The third-order valence-corrected chi connectivity index (χ3v) is 11.1. The number of benzene rings is 1. The van der Waals surface area contributed by atoms with Gasteiger partial charge < -0.3 is 28.5 Å². The first-order chi connectivity index (χ1) is 29.0. The Morgan fingerprint density at radius 3 is 2.55 bits per heavy atom. The van der Waals surface area contributed by atoms with Crippen LogP contribution in [0, 0.1) is 18.8 Å². The van der Waals surface area contributed by atoms with Gasteiger partial charge in [0.25, 0.3) is 17.0 Å². The number of hydrogen-bond acceptors (Lipinski definition) is 11. The number of pyridine rings is 5. The smallest absolute Gasteiger partial charge is 0.270 e. The molecule has 60 heavy (non-hydrogen) atoms. The Kier molecular flexibility index (Phi) is 9.77. The maximum atomic E-state index is 13.7. The molecule has 15 heteroatoms. The van der Waals surface area contributed by atoms with Crippen LogP contribution in [0.5, 0.6) is 0 Å². The average Bonchev–Trinajstić information content (AvgIpc) is 3.69. The molecule has 2 N–H and O–H groups in total. The first kappa shape index (κ1) is 38.1. The number of anilines is 1. The van der Waals surface area contributed by atoms with Crippen LogP contribution in [0.2, 0.25) is 0 Å². The molecule has 300 valence electrons. The van der Waals surface area contributed by atoms with Gasteiger partial charge in [-0.25, -0.2) is 4.98 Å². The van der Waals surface area contributed by atoms with Gasteiger partial charge in [-0.15, -0.1) is 0 Å². The highest BCUT2D eigenvalue weighted by atomic mass is 16.5. The number of nitrogens with one attached hydrogen (secondary N) is 2. The second-order valence-corrected chi connectivity index (χ2v) is 14.9. The van der Waals surface area contributed by atoms with E-state index in [1.165, 1.54) is 10.8 Å². The first-order valence-electron chi connectivity index (χ1n) is 19.5. The molecule has 6 aromatic heterocycles. The fourth-order valence-corrected chi connectivity index (χ4v) is 7.93. The maximum Gasteiger partial charge on any atom is 0.270 e. The number of hydrogen-bond donors (Lipinski definition) is 2. The van der Waals surface area contributed by atoms with E-state index in [1.54, 1.807) is 74.4 Å². The molecule has 2 aliphatic rings. The largest absolute Gasteiger partial charge is 0.448 e. The summed E-state index contributed by atoms with van der Waals surface area (Å²) in [5, 5.41) is 7.69. The highest BCUT2D eigenvalue weighted by Gasteiger charge is 2.30. The van der Waals surface area contributed by atoms with Crippen molar-refractivity contribution in [1.82, 2.24) is 34.7 Å². The SMILES string of the molecule is Cc1cc2c(-c3cn(C)c(=O)c4cc(-c5ccc(C(=O)NCC#Cc6cc7c(C8CCC(=O)NC8=O)cccc7o6)nc5)ncc34)nc(N3CCOCC3)cc2n(C)c1=O. The molecule has 1 unspecified atom stereocenters. The predicted molar refractivity (Wildman–Crippen MR) is 225 cm³/mol. The van der Waals surface area contributed by atoms with Gasteiger partial charge in [0.05, 0.1) is 48.0 Å². The van der Waals surface area contributed by atoms with Crippen LogP contribution in [-0.4, -0.2) is 74.7 Å². The van der Waals surface area contributed by atoms with Crippen molar-refractivity contribution < 1.29 is 23.5 Å². The number of aromatic nitrogens is 5. The maximum absolute atomic E-state index is 13.7. The van der Waals surface area contributed by atoms with Gasteiger partial charge in [0, 0.05) is 97.2 Å². The fraction of sp³-hybridized carbons (Fsp3) is 0.244. The summed E-state index contributed by atoms with van der Waals surface area (Å²) in [4.78, 5) is 80.3. The highest BCUT2D eigenvalue weighted by molar-refractivity contribution is 6.05. The Balaban J connectivity index is 0.955. The molecule has 1 aromatic carbocycles. The Morgan fingerprint density at radius 1 is 0.933 bits per heavy atom. The number of amides is 3. The number of carbonyl (C=O) groups is 3. The third-order valence-electron chi connectivity index (χ3n) is 11.1. The van der Waals surface area contributed by atoms with Crippen molar-refractivity contribution in [2.24, 2.45) is 14.1 Å². The van der Waals surface area contributed by atoms with Crippen molar-refractivity contribution in [3.05, 3.63) is 116 Å². The third kappa shape index (κ3) is 6.96. The number of fused-ring (bicyclic) bond motifs is 3. The zero-order valence-electron chi connectivity index (χ0n) is 33.0. The highest BCUT2D eigenvalue weighted by Crippen LogP contribution is 2.35. The van der Waals surface area contributed by atoms with E-state index in [1.807, 2.05) is 18.2 Å². The van der Waals surface area contributed by atoms with E-state index in [2.05, 4.69) is 32.4 Å². The number of ether oxygens (including phenoxy) is 1. The summed E-state index contributed by atoms with van der Waals surface area (Å²) in [6.45, 7) is 4.23. The summed E-state index contributed by atoms with van der Waals surface area (Å²) in [5.41, 5.74) is 4.89. The number of nitrogens with zero attached hydrogens (tertiary/aromatic N) is 6. The van der Waals surface area contributed by atoms with Crippen LogP contribution >= 0.6 is 0 Å². The summed E-state index contributed by atoms with van der Waals surface area (Å²) < 4.78 is 14.6. The monoisotopic (exact) mass is 802 g/mol. The van der Waals surface area contributed by atoms with Gasteiger partial charge in [-0.3, -0.25) is 39.3 Å². The Morgan fingerprint density at radius 2 is 1.77 bits per heavy atom. The van der Waals surface area contributed by atoms with Crippen LogP contribution in [0.1, 0.15) is 46.1 Å². The number of imide groups is 1. The molecular formula is C45H38N8O7. The summed E-state index contributed by atoms with van der Waals surface area (Å²) in [6, 6.07) is 16.0. The van der Waals surface area contributed by atoms with Gasteiger partial charge in [0.1, 0.15) is 17.1 Å². The Hall–Kier alpha value is -7.44. The molecule has 15 nitrogen and oxygen atoms in total. The van der Waals surface area contributed by atoms with Crippen LogP contribution in [0.25, 0.3) is 55.2 Å². The minimum Gasteiger partial charge on any atom is -0.448 e. The van der Waals surface area contributed by atoms with Crippen molar-refractivity contribution in [2.75, 3.05) is 37.7 Å². The molecule has 9 rings (SSSR count). The molecule has 7 aromatic rings. The van der Waals surface area contributed by atoms with Crippen LogP contribution in [0.4, 0.5) is 5.82 Å². The topological polar surface area (TPSA) is 184 Å². The van der Waals surface area contributed by atoms with Gasteiger partial charge in [-0.2, -0.15) is 0 Å². The van der Waals surface area contributed by atoms with Crippen molar-refractivity contribution in [3.63, 3.8) is 0 Å². The minimum absolute atomic E-state index is 0.0204. The normalized spacial score (nSPS) is 15.6. The van der Waals surface area contributed by atoms with E-state index in [0.717, 1.165) is 21.9 Å². The van der Waals surface area contributed by atoms with Gasteiger partial charge >= 0.3 is 0 Å². The number of rotatable bonds is 6. The molecule has 1 atom stereocenters. The van der Waals surface area contributed by atoms with Crippen LogP contribution in [-0.2, 0) is 28.4 Å². The minimum atomic E-state index is -0.461. The Bertz CT molecular complexity index is 3110. The Labute approximate surface area is 342 Å². The molecule has 2 saturated heterocycles. The zero-order valence-corrected chi connectivity index (χ0v) is 33.0. The standard InChI is InChI=1S/C45H38N8O7/c1-25-18-32-37(52(3)44(25)57)21-39(53-14-16-59-17-15-53)49-41(32)34-24-51(2)45(58)31-20-36(48-23-33(31)34)26-9-11-35(47-22-26)43(56)46-13-5-6-27-19-30-28(7-4-8-38(30)60-27)29-10-12-40(54)50-42(29)55/h4,7-9,11,18-24,29H,10,12-17H2,1-3H3,(H,46,56)(H,50,54,55). The second kappa shape index (κ2) is 15.4. The number of carbonyl (C=O) groups excluding carboxylic acids is 3. The molecule has 0 saturated carbocycles. The van der Waals surface area contributed by atoms with E-state index in [9.17, 15) is 24.0 Å². The zero-order chi connectivity index (χ0) is 41.7. The summed E-state index contributed by atoms with van der Waals surface area (Å²) in [7, 11) is 3.44. The van der Waals surface area contributed by atoms with E-state index in [0.29, 0.717) is 88.7 Å². The number of furan rings is 1. The lowest BCUT2D eigenvalue weighted by molar-refractivity contribution is -0.134. The molecule has 0 radical (unpaired) electrons. The molecule has 2 aliphatic heterocycles. The predicted octanol–water partition coefficient (Wildman–Crippen LogP) is 4.10. The quantitative estimate of drug-likeness (QED) is 0.182. The summed E-state index contributed by atoms with van der Waals surface area (Å²) in [5.74, 6) is 5.41. The van der Waals surface area contributed by atoms with Crippen LogP contribution in [0.15, 0.2) is 87.2 Å². The van der Waals surface area contributed by atoms with Gasteiger partial charge in [0.15, 0.2) is 5.76 Å². The van der Waals surface area contributed by atoms with E-state index in [4.69, 9.17) is 19.1 Å². The van der Waals surface area contributed by atoms with Gasteiger partial charge in [-0.1, -0.05) is 18.1 Å². The molecule has 0 aliphatic carbocycles. The van der Waals surface area contributed by atoms with Gasteiger partial charge in [0.2, 0.25) is 11.8 Å². The fourth-order valence-electron chi connectivity index (χ4n) is 7.93. The average molecular weight is 803 g/mol. The molecular weight excluding hydrogens is 765 g/mol. The van der Waals surface area contributed by atoms with Gasteiger partial charge in [-0.05, 0) is 55.2 Å². The lowest BCUT2D eigenvalue weighted by atomic mass is 9.88. The van der Waals surface area contributed by atoms with E-state index in [-0.39, 0.29) is 41.6 Å². The molecule has 0 spiro atoms. The van der Waals surface area contributed by atoms with Crippen molar-refractivity contribution >= 4 is 56.2 Å². The molecule has 2 fully saturated rings. The lowest BCUT2D eigenvalue weighted by Gasteiger charge is -2.29. The summed E-state index contributed by atoms with van der Waals surface area (Å²) >= 11 is 0. The molecule has 8 heterocycles. The van der Waals surface area contributed by atoms with Crippen LogP contribution < -0.4 is 26.7 Å². The van der Waals surface area contributed by atoms with E-state index >= 15 is 0 Å². The molecule has 0 bridgehead atoms. The number of morpholine rings is 1. The summed E-state index contributed by atoms with van der Waals surface area (Å²) in [6.07, 6.45) is 5.63. The number of aryl methyl sites for hydroxylation is 3. The first-order valence-corrected chi connectivity index (χ1v) is 19.5. The lowest BCUT2D eigenvalue weighted by Crippen LogP contribution is -2.39. The van der Waals surface area contributed by atoms with Crippen molar-refractivity contribution in [1.29, 1.82) is 0 Å².